The van der Waals surface area contributed by atoms with E-state index in [0.717, 1.165) is 11.3 Å². The van der Waals surface area contributed by atoms with Gasteiger partial charge in [-0.25, -0.2) is 0 Å². The predicted molar refractivity (Wildman–Crippen MR) is 145 cm³/mol. The number of nitrogens with one attached hydrogen (secondary N) is 1. The van der Waals surface area contributed by atoms with Crippen LogP contribution in [0.2, 0.25) is 5.02 Å². The highest BCUT2D eigenvalue weighted by atomic mass is 35.5. The highest BCUT2D eigenvalue weighted by Crippen LogP contribution is 2.58. The number of hydrogen-bond donors (Lipinski definition) is 1. The Hall–Kier alpha value is -4.42. The largest absolute Gasteiger partial charge is 0.461 e. The van der Waals surface area contributed by atoms with Crippen molar-refractivity contribution in [2.45, 2.75) is 17.5 Å². The van der Waals surface area contributed by atoms with E-state index in [9.17, 15) is 14.4 Å². The lowest BCUT2D eigenvalue weighted by Crippen LogP contribution is -2.51. The van der Waals surface area contributed by atoms with Gasteiger partial charge in [-0.2, -0.15) is 0 Å². The van der Waals surface area contributed by atoms with Crippen molar-refractivity contribution in [2.75, 3.05) is 10.2 Å². The first kappa shape index (κ1) is 22.8. The summed E-state index contributed by atoms with van der Waals surface area (Å²) in [5.41, 5.74) is 1.87. The van der Waals surface area contributed by atoms with E-state index in [4.69, 9.17) is 16.0 Å². The number of rotatable bonds is 4. The van der Waals surface area contributed by atoms with E-state index in [0.29, 0.717) is 11.3 Å². The zero-order valence-electron chi connectivity index (χ0n) is 20.0. The van der Waals surface area contributed by atoms with Gasteiger partial charge in [0.2, 0.25) is 11.7 Å². The summed E-state index contributed by atoms with van der Waals surface area (Å²) in [5, 5.41) is 3.28. The maximum atomic E-state index is 14.6. The quantitative estimate of drug-likeness (QED) is 0.345. The SMILES string of the molecule is O=C(c1ccco1)[C@@H]1[C@@H](C(=O)c2ccccc2Cl)[C@]2(C(=O)Nc3ccccc32)[C@H]2C=Cc3ccccc3N12. The normalized spacial score (nSPS) is 24.6. The number of anilines is 2. The van der Waals surface area contributed by atoms with Gasteiger partial charge in [-0.05, 0) is 47.5 Å². The Balaban J connectivity index is 1.56. The van der Waals surface area contributed by atoms with Crippen molar-refractivity contribution in [3.05, 3.63) is 125 Å². The first-order valence-corrected chi connectivity index (χ1v) is 12.7. The molecule has 186 valence electrons. The number of amides is 1. The molecule has 4 aromatic rings. The van der Waals surface area contributed by atoms with Crippen molar-refractivity contribution in [1.82, 2.24) is 0 Å². The molecular formula is C31H21ClN2O4. The van der Waals surface area contributed by atoms with Crippen LogP contribution in [-0.4, -0.2) is 29.6 Å². The molecule has 0 saturated carbocycles. The standard InChI is InChI=1S/C31H21ClN2O4/c32-21-11-4-2-9-19(21)28(35)26-27(29(36)24-14-7-17-38-24)34-23-13-6-1-8-18(23)15-16-25(34)31(26)20-10-3-5-12-22(20)33-30(31)37/h1-17,25-27H,(H,33,37)/t25-,26+,27+,31-/m1/s1. The Bertz CT molecular complexity index is 1660. The summed E-state index contributed by atoms with van der Waals surface area (Å²) >= 11 is 6.54. The second kappa shape index (κ2) is 8.30. The molecule has 0 radical (unpaired) electrons. The van der Waals surface area contributed by atoms with Gasteiger partial charge in [0.1, 0.15) is 11.5 Å². The topological polar surface area (TPSA) is 79.6 Å². The van der Waals surface area contributed by atoms with Crippen LogP contribution in [0.1, 0.15) is 32.0 Å². The number of Topliss-reactive ketones (excluding diaryl/α,β-unsaturated/α-hetero) is 2. The third-order valence-corrected chi connectivity index (χ3v) is 8.33. The minimum Gasteiger partial charge on any atom is -0.461 e. The Kier molecular flexibility index (Phi) is 4.97. The first-order chi connectivity index (χ1) is 18.5. The van der Waals surface area contributed by atoms with E-state index < -0.39 is 23.4 Å². The number of ketones is 2. The molecule has 1 saturated heterocycles. The highest BCUT2D eigenvalue weighted by Gasteiger charge is 2.70. The number of carbonyl (C=O) groups excluding carboxylic acids is 3. The molecule has 1 aromatic heterocycles. The number of halogens is 1. The lowest BCUT2D eigenvalue weighted by atomic mass is 9.64. The smallest absolute Gasteiger partial charge is 0.238 e. The van der Waals surface area contributed by atoms with Crippen LogP contribution in [0.3, 0.4) is 0 Å². The number of para-hydroxylation sites is 2. The summed E-state index contributed by atoms with van der Waals surface area (Å²) in [6, 6.07) is 23.4. The van der Waals surface area contributed by atoms with Crippen molar-refractivity contribution in [3.63, 3.8) is 0 Å². The van der Waals surface area contributed by atoms with Crippen LogP contribution in [0.5, 0.6) is 0 Å². The molecule has 0 aliphatic carbocycles. The van der Waals surface area contributed by atoms with Gasteiger partial charge in [-0.1, -0.05) is 72.3 Å². The molecule has 3 aliphatic heterocycles. The number of benzene rings is 3. The van der Waals surface area contributed by atoms with Crippen LogP contribution in [0.15, 0.2) is 102 Å². The average molecular weight is 521 g/mol. The van der Waals surface area contributed by atoms with Crippen LogP contribution in [0.25, 0.3) is 6.08 Å². The average Bonchev–Trinajstić information content (AvgIpc) is 3.65. The van der Waals surface area contributed by atoms with Crippen molar-refractivity contribution >= 4 is 46.5 Å². The van der Waals surface area contributed by atoms with Crippen LogP contribution < -0.4 is 10.2 Å². The number of fused-ring (bicyclic) bond motifs is 6. The molecule has 38 heavy (non-hydrogen) atoms. The van der Waals surface area contributed by atoms with Crippen molar-refractivity contribution in [3.8, 4) is 0 Å². The fourth-order valence-corrected chi connectivity index (χ4v) is 6.74. The maximum absolute atomic E-state index is 14.6. The summed E-state index contributed by atoms with van der Waals surface area (Å²) in [4.78, 5) is 45.1. The van der Waals surface area contributed by atoms with E-state index in [1.807, 2.05) is 65.6 Å². The van der Waals surface area contributed by atoms with Crippen LogP contribution in [0, 0.1) is 5.92 Å². The monoisotopic (exact) mass is 520 g/mol. The molecule has 6 nitrogen and oxygen atoms in total. The number of hydrogen-bond acceptors (Lipinski definition) is 5. The second-order valence-corrected chi connectivity index (χ2v) is 10.2. The fourth-order valence-electron chi connectivity index (χ4n) is 6.51. The van der Waals surface area contributed by atoms with E-state index in [1.54, 1.807) is 36.4 Å². The Labute approximate surface area is 223 Å². The molecule has 0 unspecified atom stereocenters. The van der Waals surface area contributed by atoms with Gasteiger partial charge in [-0.15, -0.1) is 0 Å². The zero-order valence-corrected chi connectivity index (χ0v) is 20.8. The van der Waals surface area contributed by atoms with E-state index in [2.05, 4.69) is 5.32 Å². The zero-order chi connectivity index (χ0) is 26.0. The van der Waals surface area contributed by atoms with Gasteiger partial charge in [0.15, 0.2) is 11.5 Å². The Morgan fingerprint density at radius 1 is 0.895 bits per heavy atom. The Morgan fingerprint density at radius 2 is 1.66 bits per heavy atom. The number of nitrogens with zero attached hydrogens (tertiary/aromatic N) is 1. The van der Waals surface area contributed by atoms with Crippen LogP contribution in [-0.2, 0) is 10.2 Å². The van der Waals surface area contributed by atoms with Gasteiger partial charge >= 0.3 is 0 Å². The molecule has 4 atom stereocenters. The molecule has 4 heterocycles. The third-order valence-electron chi connectivity index (χ3n) is 8.00. The minimum absolute atomic E-state index is 0.126. The molecule has 1 spiro atoms. The summed E-state index contributed by atoms with van der Waals surface area (Å²) in [5.74, 6) is -2.03. The van der Waals surface area contributed by atoms with E-state index >= 15 is 0 Å². The predicted octanol–water partition coefficient (Wildman–Crippen LogP) is 5.79. The van der Waals surface area contributed by atoms with Gasteiger partial charge in [-0.3, -0.25) is 14.4 Å². The fraction of sp³-hybridized carbons (Fsp3) is 0.129. The lowest BCUT2D eigenvalue weighted by molar-refractivity contribution is -0.121. The molecule has 3 aliphatic rings. The minimum atomic E-state index is -1.39. The van der Waals surface area contributed by atoms with E-state index in [1.165, 1.54) is 6.26 Å². The van der Waals surface area contributed by atoms with Crippen molar-refractivity contribution in [1.29, 1.82) is 0 Å². The van der Waals surface area contributed by atoms with Gasteiger partial charge in [0.05, 0.1) is 23.2 Å². The maximum Gasteiger partial charge on any atom is 0.238 e. The highest BCUT2D eigenvalue weighted by molar-refractivity contribution is 6.34. The van der Waals surface area contributed by atoms with Crippen LogP contribution >= 0.6 is 11.6 Å². The first-order valence-electron chi connectivity index (χ1n) is 12.4. The molecule has 7 rings (SSSR count). The summed E-state index contributed by atoms with van der Waals surface area (Å²) < 4.78 is 5.55. The van der Waals surface area contributed by atoms with Gasteiger partial charge in [0, 0.05) is 16.9 Å². The van der Waals surface area contributed by atoms with Gasteiger partial charge in [0.25, 0.3) is 0 Å². The molecule has 3 aromatic carbocycles. The third kappa shape index (κ3) is 2.92. The summed E-state index contributed by atoms with van der Waals surface area (Å²) in [7, 11) is 0. The summed E-state index contributed by atoms with van der Waals surface area (Å²) in [6.45, 7) is 0. The van der Waals surface area contributed by atoms with Crippen molar-refractivity contribution < 1.29 is 18.8 Å². The summed E-state index contributed by atoms with van der Waals surface area (Å²) in [6.07, 6.45) is 5.33. The molecular weight excluding hydrogens is 500 g/mol. The number of furan rings is 1. The lowest BCUT2D eigenvalue weighted by Gasteiger charge is -2.37. The van der Waals surface area contributed by atoms with Crippen molar-refractivity contribution in [2.24, 2.45) is 5.92 Å². The molecule has 1 N–H and O–H groups in total. The molecule has 0 bridgehead atoms. The van der Waals surface area contributed by atoms with E-state index in [-0.39, 0.29) is 33.8 Å². The molecule has 7 heteroatoms. The number of carbonyl (C=O) groups is 3. The molecule has 1 fully saturated rings. The molecule has 1 amide bonds. The second-order valence-electron chi connectivity index (χ2n) is 9.75. The van der Waals surface area contributed by atoms with Gasteiger partial charge < -0.3 is 14.6 Å². The Morgan fingerprint density at radius 3 is 2.47 bits per heavy atom. The van der Waals surface area contributed by atoms with Crippen LogP contribution in [0.4, 0.5) is 11.4 Å².